The van der Waals surface area contributed by atoms with Gasteiger partial charge < -0.3 is 9.47 Å². The molecule has 3 atom stereocenters. The van der Waals surface area contributed by atoms with Gasteiger partial charge in [0.25, 0.3) is 0 Å². The highest BCUT2D eigenvalue weighted by atomic mass is 35.5. The molecule has 2 fully saturated rings. The number of Topliss-reactive ketones (excluding diaryl/α,β-unsaturated/α-hetero) is 1. The Bertz CT molecular complexity index is 555. The zero-order chi connectivity index (χ0) is 15.0. The summed E-state index contributed by atoms with van der Waals surface area (Å²) in [6, 6.07) is 3.50. The van der Waals surface area contributed by atoms with Crippen LogP contribution in [-0.4, -0.2) is 20.0 Å². The van der Waals surface area contributed by atoms with Crippen LogP contribution in [0.2, 0.25) is 5.02 Å². The van der Waals surface area contributed by atoms with Crippen molar-refractivity contribution in [2.24, 2.45) is 17.8 Å². The first-order chi connectivity index (χ1) is 10.1. The van der Waals surface area contributed by atoms with Crippen molar-refractivity contribution in [3.63, 3.8) is 0 Å². The number of carbonyl (C=O) groups excluding carboxylic acids is 1. The Morgan fingerprint density at radius 3 is 2.62 bits per heavy atom. The molecular weight excluding hydrogens is 288 g/mol. The zero-order valence-electron chi connectivity index (χ0n) is 12.5. The van der Waals surface area contributed by atoms with Crippen molar-refractivity contribution in [2.75, 3.05) is 14.2 Å². The van der Waals surface area contributed by atoms with Gasteiger partial charge in [0, 0.05) is 6.42 Å². The van der Waals surface area contributed by atoms with E-state index in [1.807, 2.05) is 0 Å². The summed E-state index contributed by atoms with van der Waals surface area (Å²) < 4.78 is 10.5. The van der Waals surface area contributed by atoms with E-state index in [0.29, 0.717) is 34.4 Å². The van der Waals surface area contributed by atoms with E-state index in [-0.39, 0.29) is 5.78 Å². The van der Waals surface area contributed by atoms with Crippen LogP contribution in [-0.2, 0) is 0 Å². The summed E-state index contributed by atoms with van der Waals surface area (Å²) in [6.07, 6.45) is 5.79. The van der Waals surface area contributed by atoms with Gasteiger partial charge in [0.2, 0.25) is 0 Å². The zero-order valence-corrected chi connectivity index (χ0v) is 13.3. The van der Waals surface area contributed by atoms with Crippen LogP contribution in [0.1, 0.15) is 42.5 Å². The first-order valence-electron chi connectivity index (χ1n) is 7.57. The molecule has 3 unspecified atom stereocenters. The highest BCUT2D eigenvalue weighted by Crippen LogP contribution is 2.50. The van der Waals surface area contributed by atoms with E-state index in [4.69, 9.17) is 21.1 Å². The average Bonchev–Trinajstić information content (AvgIpc) is 3.09. The minimum Gasteiger partial charge on any atom is -0.495 e. The van der Waals surface area contributed by atoms with Crippen molar-refractivity contribution in [2.45, 2.75) is 32.1 Å². The molecule has 2 aliphatic carbocycles. The summed E-state index contributed by atoms with van der Waals surface area (Å²) in [5, 5.41) is 0.374. The Balaban J connectivity index is 1.79. The molecule has 4 heteroatoms. The van der Waals surface area contributed by atoms with Gasteiger partial charge in [0.05, 0.1) is 19.8 Å². The second kappa shape index (κ2) is 5.88. The highest BCUT2D eigenvalue weighted by Gasteiger charge is 2.40. The predicted octanol–water partition coefficient (Wildman–Crippen LogP) is 4.37. The maximum atomic E-state index is 12.6. The molecule has 1 aromatic carbocycles. The van der Waals surface area contributed by atoms with Gasteiger partial charge in [0.15, 0.2) is 11.5 Å². The normalized spacial score (nSPS) is 26.9. The van der Waals surface area contributed by atoms with Gasteiger partial charge in [-0.15, -0.1) is 0 Å². The van der Waals surface area contributed by atoms with E-state index >= 15 is 0 Å². The van der Waals surface area contributed by atoms with Crippen LogP contribution in [0.5, 0.6) is 11.5 Å². The van der Waals surface area contributed by atoms with Crippen LogP contribution in [0, 0.1) is 17.8 Å². The SMILES string of the molecule is COc1ccc(C(=O)CC2CC3CCC2C3)c(OC)c1Cl. The standard InChI is InChI=1S/C17H21ClO3/c1-20-15-6-5-13(17(21-2)16(15)18)14(19)9-12-8-10-3-4-11(12)7-10/h5-6,10-12H,3-4,7-9H2,1-2H3. The first kappa shape index (κ1) is 14.7. The number of benzene rings is 1. The Morgan fingerprint density at radius 1 is 1.24 bits per heavy atom. The minimum absolute atomic E-state index is 0.133. The van der Waals surface area contributed by atoms with Crippen LogP contribution in [0.4, 0.5) is 0 Å². The van der Waals surface area contributed by atoms with Crippen LogP contribution in [0.25, 0.3) is 0 Å². The lowest BCUT2D eigenvalue weighted by atomic mass is 9.84. The monoisotopic (exact) mass is 308 g/mol. The molecule has 21 heavy (non-hydrogen) atoms. The number of fused-ring (bicyclic) bond motifs is 2. The summed E-state index contributed by atoms with van der Waals surface area (Å²) in [7, 11) is 3.09. The molecular formula is C17H21ClO3. The molecule has 0 amide bonds. The number of carbonyl (C=O) groups is 1. The Morgan fingerprint density at radius 2 is 2.05 bits per heavy atom. The van der Waals surface area contributed by atoms with Gasteiger partial charge in [-0.25, -0.2) is 0 Å². The van der Waals surface area contributed by atoms with E-state index in [0.717, 1.165) is 11.8 Å². The molecule has 2 saturated carbocycles. The summed E-state index contributed by atoms with van der Waals surface area (Å²) in [5.74, 6) is 3.25. The molecule has 3 nitrogen and oxygen atoms in total. The number of halogens is 1. The largest absolute Gasteiger partial charge is 0.495 e. The van der Waals surface area contributed by atoms with Gasteiger partial charge in [0.1, 0.15) is 10.8 Å². The van der Waals surface area contributed by atoms with Crippen LogP contribution in [0.3, 0.4) is 0 Å². The van der Waals surface area contributed by atoms with Gasteiger partial charge in [-0.2, -0.15) is 0 Å². The fourth-order valence-corrected chi connectivity index (χ4v) is 4.41. The molecule has 3 rings (SSSR count). The van der Waals surface area contributed by atoms with E-state index < -0.39 is 0 Å². The predicted molar refractivity (Wildman–Crippen MR) is 82.4 cm³/mol. The van der Waals surface area contributed by atoms with E-state index in [1.54, 1.807) is 19.2 Å². The molecule has 0 radical (unpaired) electrons. The summed E-state index contributed by atoms with van der Waals surface area (Å²) in [5.41, 5.74) is 0.575. The molecule has 0 saturated heterocycles. The third kappa shape index (κ3) is 2.64. The average molecular weight is 309 g/mol. The van der Waals surface area contributed by atoms with Crippen LogP contribution in [0.15, 0.2) is 12.1 Å². The quantitative estimate of drug-likeness (QED) is 0.758. The molecule has 114 valence electrons. The molecule has 0 N–H and O–H groups in total. The number of ketones is 1. The Hall–Kier alpha value is -1.22. The van der Waals surface area contributed by atoms with Crippen LogP contribution >= 0.6 is 11.6 Å². The molecule has 0 aromatic heterocycles. The second-order valence-electron chi connectivity index (χ2n) is 6.22. The molecule has 0 aliphatic heterocycles. The maximum Gasteiger partial charge on any atom is 0.166 e. The summed E-state index contributed by atoms with van der Waals surface area (Å²) in [4.78, 5) is 12.6. The fraction of sp³-hybridized carbons (Fsp3) is 0.588. The Kier molecular flexibility index (Phi) is 4.12. The summed E-state index contributed by atoms with van der Waals surface area (Å²) in [6.45, 7) is 0. The lowest BCUT2D eigenvalue weighted by Gasteiger charge is -2.21. The molecule has 0 spiro atoms. The van der Waals surface area contributed by atoms with Gasteiger partial charge >= 0.3 is 0 Å². The minimum atomic E-state index is 0.133. The van der Waals surface area contributed by atoms with E-state index in [2.05, 4.69) is 0 Å². The van der Waals surface area contributed by atoms with Crippen molar-refractivity contribution in [3.05, 3.63) is 22.7 Å². The van der Waals surface area contributed by atoms with Crippen molar-refractivity contribution in [1.82, 2.24) is 0 Å². The first-order valence-corrected chi connectivity index (χ1v) is 7.95. The lowest BCUT2D eigenvalue weighted by Crippen LogP contribution is -2.16. The van der Waals surface area contributed by atoms with Crippen LogP contribution < -0.4 is 9.47 Å². The third-order valence-corrected chi connectivity index (χ3v) is 5.48. The van der Waals surface area contributed by atoms with Gasteiger partial charge in [-0.3, -0.25) is 4.79 Å². The number of ether oxygens (including phenoxy) is 2. The molecule has 1 aromatic rings. The Labute approximate surface area is 130 Å². The van der Waals surface area contributed by atoms with E-state index in [9.17, 15) is 4.79 Å². The highest BCUT2D eigenvalue weighted by molar-refractivity contribution is 6.34. The second-order valence-corrected chi connectivity index (χ2v) is 6.60. The van der Waals surface area contributed by atoms with Crippen molar-refractivity contribution in [3.8, 4) is 11.5 Å². The van der Waals surface area contributed by atoms with Crippen molar-refractivity contribution in [1.29, 1.82) is 0 Å². The molecule has 2 aliphatic rings. The topological polar surface area (TPSA) is 35.5 Å². The molecule has 2 bridgehead atoms. The summed E-state index contributed by atoms with van der Waals surface area (Å²) >= 11 is 6.24. The lowest BCUT2D eigenvalue weighted by molar-refractivity contribution is 0.0941. The van der Waals surface area contributed by atoms with Gasteiger partial charge in [-0.1, -0.05) is 18.0 Å². The fourth-order valence-electron chi connectivity index (χ4n) is 4.09. The number of rotatable bonds is 5. The smallest absolute Gasteiger partial charge is 0.166 e. The van der Waals surface area contributed by atoms with Crippen molar-refractivity contribution >= 4 is 17.4 Å². The number of methoxy groups -OCH3 is 2. The number of hydrogen-bond acceptors (Lipinski definition) is 3. The third-order valence-electron chi connectivity index (χ3n) is 5.12. The van der Waals surface area contributed by atoms with Crippen molar-refractivity contribution < 1.29 is 14.3 Å². The van der Waals surface area contributed by atoms with E-state index in [1.165, 1.54) is 32.8 Å². The number of hydrogen-bond donors (Lipinski definition) is 0. The maximum absolute atomic E-state index is 12.6. The molecule has 0 heterocycles. The van der Waals surface area contributed by atoms with Gasteiger partial charge in [-0.05, 0) is 49.1 Å².